The molecule has 0 radical (unpaired) electrons. The van der Waals surface area contributed by atoms with Gasteiger partial charge in [0, 0.05) is 6.42 Å². The monoisotopic (exact) mass is 508 g/mol. The number of anilines is 1. The molecule has 1 aliphatic rings. The van der Waals surface area contributed by atoms with Gasteiger partial charge in [0.25, 0.3) is 0 Å². The second-order valence-corrected chi connectivity index (χ2v) is 9.81. The van der Waals surface area contributed by atoms with Gasteiger partial charge in [0.1, 0.15) is 23.6 Å². The molecule has 1 fully saturated rings. The summed E-state index contributed by atoms with van der Waals surface area (Å²) in [6.45, 7) is 3.33. The first-order valence-electron chi connectivity index (χ1n) is 10.9. The molecule has 3 N–H and O–H groups in total. The van der Waals surface area contributed by atoms with Gasteiger partial charge < -0.3 is 24.5 Å². The highest BCUT2D eigenvalue weighted by Gasteiger charge is 2.40. The van der Waals surface area contributed by atoms with Crippen LogP contribution in [-0.4, -0.2) is 56.9 Å². The molecule has 4 rings (SSSR count). The Hall–Kier alpha value is -3.12. The number of halogens is 1. The van der Waals surface area contributed by atoms with Crippen molar-refractivity contribution in [2.24, 2.45) is 0 Å². The summed E-state index contributed by atoms with van der Waals surface area (Å²) in [4.78, 5) is 24.2. The summed E-state index contributed by atoms with van der Waals surface area (Å²) in [6.07, 6.45) is -1.60. The van der Waals surface area contributed by atoms with Gasteiger partial charge in [-0.15, -0.1) is 0 Å². The van der Waals surface area contributed by atoms with Crippen LogP contribution < -0.4 is 15.3 Å². The van der Waals surface area contributed by atoms with Gasteiger partial charge in [0.15, 0.2) is 36.5 Å². The quantitative estimate of drug-likeness (QED) is 0.307. The van der Waals surface area contributed by atoms with Gasteiger partial charge in [-0.2, -0.15) is 0 Å². The maximum atomic E-state index is 14.9. The van der Waals surface area contributed by atoms with Crippen molar-refractivity contribution in [1.82, 2.24) is 24.6 Å². The normalized spacial score (nSPS) is 22.5. The molecule has 5 atom stereocenters. The Kier molecular flexibility index (Phi) is 7.60. The van der Waals surface area contributed by atoms with E-state index in [-0.39, 0.29) is 18.8 Å². The molecule has 0 amide bonds. The van der Waals surface area contributed by atoms with Crippen molar-refractivity contribution in [3.63, 3.8) is 0 Å². The second-order valence-electron chi connectivity index (χ2n) is 7.77. The van der Waals surface area contributed by atoms with Gasteiger partial charge in [0.05, 0.1) is 12.9 Å². The highest BCUT2D eigenvalue weighted by Crippen LogP contribution is 2.45. The summed E-state index contributed by atoms with van der Waals surface area (Å²) >= 11 is 0. The first-order chi connectivity index (χ1) is 16.8. The Balaban J connectivity index is 1.46. The topological polar surface area (TPSA) is 153 Å². The summed E-state index contributed by atoms with van der Waals surface area (Å²) in [5.41, 5.74) is 6.44. The number of esters is 1. The third kappa shape index (κ3) is 5.76. The minimum absolute atomic E-state index is 0.135. The van der Waals surface area contributed by atoms with Crippen LogP contribution in [-0.2, 0) is 23.6 Å². The molecule has 0 aliphatic carbocycles. The number of nitrogens with two attached hydrogens (primary N) is 1. The average Bonchev–Trinajstić information content (AvgIpc) is 3.42. The molecule has 0 spiro atoms. The van der Waals surface area contributed by atoms with Gasteiger partial charge in [-0.1, -0.05) is 18.2 Å². The number of carbonyl (C=O) groups excluding carboxylic acids is 1. The van der Waals surface area contributed by atoms with E-state index < -0.39 is 44.6 Å². The van der Waals surface area contributed by atoms with Crippen molar-refractivity contribution in [2.45, 2.75) is 45.0 Å². The number of benzene rings is 1. The largest absolute Gasteiger partial charge is 0.465 e. The molecule has 3 heterocycles. The van der Waals surface area contributed by atoms with Crippen LogP contribution in [0.5, 0.6) is 5.75 Å². The molecule has 12 nitrogen and oxygen atoms in total. The van der Waals surface area contributed by atoms with E-state index in [0.717, 1.165) is 0 Å². The lowest BCUT2D eigenvalue weighted by Gasteiger charge is -2.24. The fourth-order valence-electron chi connectivity index (χ4n) is 3.54. The number of imidazole rings is 1. The third-order valence-electron chi connectivity index (χ3n) is 5.14. The van der Waals surface area contributed by atoms with Gasteiger partial charge in [-0.25, -0.2) is 24.4 Å². The van der Waals surface area contributed by atoms with Crippen molar-refractivity contribution < 1.29 is 32.5 Å². The van der Waals surface area contributed by atoms with E-state index in [1.165, 1.54) is 24.1 Å². The molecule has 1 aliphatic heterocycles. The van der Waals surface area contributed by atoms with Crippen LogP contribution in [0.4, 0.5) is 10.2 Å². The van der Waals surface area contributed by atoms with E-state index in [1.54, 1.807) is 37.3 Å². The molecule has 1 saturated heterocycles. The number of aromatic nitrogens is 4. The van der Waals surface area contributed by atoms with E-state index in [9.17, 15) is 13.8 Å². The molecule has 1 unspecified atom stereocenters. The Morgan fingerprint density at radius 1 is 1.34 bits per heavy atom. The number of nitrogens with zero attached hydrogens (tertiary/aromatic N) is 4. The van der Waals surface area contributed by atoms with Crippen LogP contribution in [0.1, 0.15) is 26.5 Å². The number of nitrogen functional groups attached to an aromatic ring is 1. The molecule has 35 heavy (non-hydrogen) atoms. The highest BCUT2D eigenvalue weighted by molar-refractivity contribution is 7.57. The van der Waals surface area contributed by atoms with E-state index in [1.807, 2.05) is 0 Å². The van der Waals surface area contributed by atoms with E-state index >= 15 is 0 Å². The molecule has 2 aromatic heterocycles. The summed E-state index contributed by atoms with van der Waals surface area (Å²) in [5, 5.41) is 2.67. The zero-order chi connectivity index (χ0) is 25.0. The number of hydrogen-bond acceptors (Lipinski definition) is 10. The molecule has 3 aromatic rings. The Labute approximate surface area is 200 Å². The molecule has 1 aromatic carbocycles. The van der Waals surface area contributed by atoms with Gasteiger partial charge in [-0.3, -0.25) is 13.9 Å². The molecular weight excluding hydrogens is 482 g/mol. The molecule has 0 saturated carbocycles. The Morgan fingerprint density at radius 3 is 2.86 bits per heavy atom. The van der Waals surface area contributed by atoms with Crippen LogP contribution in [0.15, 0.2) is 43.0 Å². The van der Waals surface area contributed by atoms with Crippen LogP contribution in [0.25, 0.3) is 11.2 Å². The zero-order valence-corrected chi connectivity index (χ0v) is 20.0. The minimum Gasteiger partial charge on any atom is -0.465 e. The van der Waals surface area contributed by atoms with Crippen LogP contribution in [0, 0.1) is 0 Å². The first-order valence-corrected chi connectivity index (χ1v) is 12.7. The van der Waals surface area contributed by atoms with E-state index in [2.05, 4.69) is 20.0 Å². The number of fused-ring (bicyclic) bond motifs is 1. The zero-order valence-electron chi connectivity index (χ0n) is 19.1. The van der Waals surface area contributed by atoms with Crippen molar-refractivity contribution in [3.05, 3.63) is 43.0 Å². The molecular formula is C21H26FN6O6P. The predicted octanol–water partition coefficient (Wildman–Crippen LogP) is 2.78. The van der Waals surface area contributed by atoms with Gasteiger partial charge in [0.2, 0.25) is 0 Å². The lowest BCUT2D eigenvalue weighted by Crippen LogP contribution is -2.36. The molecule has 0 bridgehead atoms. The number of hydrogen-bond donors (Lipinski definition) is 2. The average molecular weight is 508 g/mol. The SMILES string of the molecule is CCOC(=O)[C@H](C)NP(=O)(CO[C@@H]1C[C@H](F)[C@H](n2cnc3c(N)ncnc32)O1)Oc1ccccc1. The minimum atomic E-state index is -3.80. The van der Waals surface area contributed by atoms with Gasteiger partial charge >= 0.3 is 13.5 Å². The van der Waals surface area contributed by atoms with Crippen molar-refractivity contribution in [1.29, 1.82) is 0 Å². The third-order valence-corrected chi connectivity index (χ3v) is 6.91. The fourth-order valence-corrected chi connectivity index (χ4v) is 5.24. The summed E-state index contributed by atoms with van der Waals surface area (Å²) < 4.78 is 51.9. The predicted molar refractivity (Wildman–Crippen MR) is 123 cm³/mol. The molecule has 188 valence electrons. The Morgan fingerprint density at radius 2 is 2.11 bits per heavy atom. The van der Waals surface area contributed by atoms with Gasteiger partial charge in [-0.05, 0) is 26.0 Å². The van der Waals surface area contributed by atoms with Crippen molar-refractivity contribution in [2.75, 3.05) is 18.7 Å². The lowest BCUT2D eigenvalue weighted by molar-refractivity contribution is -0.145. The Bertz CT molecular complexity index is 1210. The first kappa shape index (κ1) is 25.0. The van der Waals surface area contributed by atoms with E-state index in [4.69, 9.17) is 24.5 Å². The second kappa shape index (κ2) is 10.6. The lowest BCUT2D eigenvalue weighted by atomic mass is 10.3. The van der Waals surface area contributed by atoms with Crippen LogP contribution >= 0.6 is 7.52 Å². The smallest absolute Gasteiger partial charge is 0.342 e. The number of carbonyl (C=O) groups is 1. The summed E-state index contributed by atoms with van der Waals surface area (Å²) in [7, 11) is -3.80. The van der Waals surface area contributed by atoms with Crippen LogP contribution in [0.3, 0.4) is 0 Å². The van der Waals surface area contributed by atoms with Crippen molar-refractivity contribution in [3.8, 4) is 5.75 Å². The fraction of sp³-hybridized carbons (Fsp3) is 0.429. The number of nitrogens with one attached hydrogen (secondary N) is 1. The van der Waals surface area contributed by atoms with Crippen LogP contribution in [0.2, 0.25) is 0 Å². The summed E-state index contributed by atoms with van der Waals surface area (Å²) in [5.74, 6) is -0.131. The number of para-hydroxylation sites is 1. The maximum absolute atomic E-state index is 14.9. The number of alkyl halides is 1. The summed E-state index contributed by atoms with van der Waals surface area (Å²) in [6, 6.07) is 7.47. The number of rotatable bonds is 10. The highest BCUT2D eigenvalue weighted by atomic mass is 31.2. The standard InChI is InChI=1S/C21H26FN6O6P/c1-3-31-21(29)13(2)27-35(30,34-14-7-5-4-6-8-14)12-32-16-9-15(22)20(33-16)28-11-26-17-18(23)24-10-25-19(17)28/h4-8,10-11,13,15-16,20H,3,9,12H2,1-2H3,(H,27,30)(H2,23,24,25)/t13-,15-,16-,20+,35?/m0/s1. The van der Waals surface area contributed by atoms with Crippen molar-refractivity contribution >= 4 is 30.5 Å². The van der Waals surface area contributed by atoms with E-state index in [0.29, 0.717) is 16.9 Å². The maximum Gasteiger partial charge on any atom is 0.342 e. The molecule has 14 heteroatoms. The number of ether oxygens (including phenoxy) is 3.